The predicted octanol–water partition coefficient (Wildman–Crippen LogP) is 2.77. The molecule has 0 spiro atoms. The van der Waals surface area contributed by atoms with E-state index in [9.17, 15) is 4.39 Å². The second kappa shape index (κ2) is 4.45. The van der Waals surface area contributed by atoms with Crippen LogP contribution in [-0.4, -0.2) is 12.4 Å². The van der Waals surface area contributed by atoms with Crippen LogP contribution in [-0.2, 0) is 6.42 Å². The lowest BCUT2D eigenvalue weighted by Crippen LogP contribution is -1.93. The van der Waals surface area contributed by atoms with Gasteiger partial charge in [-0.1, -0.05) is 22.0 Å². The van der Waals surface area contributed by atoms with E-state index in [1.807, 2.05) is 0 Å². The van der Waals surface area contributed by atoms with E-state index < -0.39 is 0 Å². The van der Waals surface area contributed by atoms with E-state index in [2.05, 4.69) is 15.9 Å². The number of halogens is 2. The van der Waals surface area contributed by atoms with E-state index >= 15 is 0 Å². The second-order valence-electron chi connectivity index (χ2n) is 2.40. The molecule has 0 bridgehead atoms. The van der Waals surface area contributed by atoms with Gasteiger partial charge < -0.3 is 4.74 Å². The van der Waals surface area contributed by atoms with Crippen molar-refractivity contribution in [2.24, 2.45) is 0 Å². The summed E-state index contributed by atoms with van der Waals surface area (Å²) < 4.78 is 17.7. The predicted molar refractivity (Wildman–Crippen MR) is 50.5 cm³/mol. The summed E-state index contributed by atoms with van der Waals surface area (Å²) in [6.07, 6.45) is 0.851. The number of hydrogen-bond donors (Lipinski definition) is 0. The van der Waals surface area contributed by atoms with Crippen LogP contribution < -0.4 is 4.74 Å². The summed E-state index contributed by atoms with van der Waals surface area (Å²) >= 11 is 3.32. The van der Waals surface area contributed by atoms with Gasteiger partial charge in [0.05, 0.1) is 7.11 Å². The maximum absolute atomic E-state index is 12.7. The van der Waals surface area contributed by atoms with Crippen molar-refractivity contribution >= 4 is 15.9 Å². The highest BCUT2D eigenvalue weighted by atomic mass is 79.9. The fourth-order valence-corrected chi connectivity index (χ4v) is 1.45. The maximum atomic E-state index is 12.7. The zero-order valence-electron chi connectivity index (χ0n) is 6.81. The van der Waals surface area contributed by atoms with Crippen LogP contribution in [0.3, 0.4) is 0 Å². The first-order valence-electron chi connectivity index (χ1n) is 3.66. The Morgan fingerprint density at radius 3 is 2.83 bits per heavy atom. The Balaban J connectivity index is 2.94. The molecule has 1 nitrogen and oxygen atoms in total. The molecule has 0 amide bonds. The molecule has 0 fully saturated rings. The van der Waals surface area contributed by atoms with Gasteiger partial charge in [-0.15, -0.1) is 0 Å². The summed E-state index contributed by atoms with van der Waals surface area (Å²) in [5.74, 6) is 0.361. The first kappa shape index (κ1) is 9.52. The van der Waals surface area contributed by atoms with Gasteiger partial charge in [0.2, 0.25) is 0 Å². The zero-order valence-corrected chi connectivity index (χ0v) is 8.40. The van der Waals surface area contributed by atoms with Crippen LogP contribution in [0.2, 0.25) is 0 Å². The molecule has 0 N–H and O–H groups in total. The molecule has 0 aliphatic carbocycles. The minimum Gasteiger partial charge on any atom is -0.496 e. The summed E-state index contributed by atoms with van der Waals surface area (Å²) in [6, 6.07) is 4.59. The molecule has 0 radical (unpaired) electrons. The number of methoxy groups -OCH3 is 1. The lowest BCUT2D eigenvalue weighted by atomic mass is 10.1. The highest BCUT2D eigenvalue weighted by molar-refractivity contribution is 9.09. The Morgan fingerprint density at radius 1 is 1.50 bits per heavy atom. The van der Waals surface area contributed by atoms with Crippen molar-refractivity contribution in [3.8, 4) is 5.75 Å². The van der Waals surface area contributed by atoms with Gasteiger partial charge in [0.15, 0.2) is 0 Å². The Morgan fingerprint density at radius 2 is 2.25 bits per heavy atom. The molecule has 66 valence electrons. The molecule has 1 aromatic rings. The van der Waals surface area contributed by atoms with E-state index in [1.165, 1.54) is 12.1 Å². The highest BCUT2D eigenvalue weighted by Gasteiger charge is 2.02. The van der Waals surface area contributed by atoms with Crippen LogP contribution in [0.1, 0.15) is 5.56 Å². The first-order valence-corrected chi connectivity index (χ1v) is 4.78. The molecule has 0 atom stereocenters. The molecule has 0 aliphatic rings. The Labute approximate surface area is 79.7 Å². The number of aryl methyl sites for hydroxylation is 1. The van der Waals surface area contributed by atoms with Gasteiger partial charge in [-0.25, -0.2) is 4.39 Å². The topological polar surface area (TPSA) is 9.23 Å². The lowest BCUT2D eigenvalue weighted by molar-refractivity contribution is 0.406. The number of ether oxygens (including phenoxy) is 1. The van der Waals surface area contributed by atoms with Crippen molar-refractivity contribution in [3.63, 3.8) is 0 Å². The van der Waals surface area contributed by atoms with Crippen molar-refractivity contribution in [1.82, 2.24) is 0 Å². The summed E-state index contributed by atoms with van der Waals surface area (Å²) in [7, 11) is 1.55. The van der Waals surface area contributed by atoms with Crippen LogP contribution in [0.25, 0.3) is 0 Å². The average Bonchev–Trinajstić information content (AvgIpc) is 2.08. The van der Waals surface area contributed by atoms with Crippen molar-refractivity contribution in [3.05, 3.63) is 29.6 Å². The zero-order chi connectivity index (χ0) is 8.97. The summed E-state index contributed by atoms with van der Waals surface area (Å²) in [6.45, 7) is 0. The van der Waals surface area contributed by atoms with Crippen LogP contribution in [0.5, 0.6) is 5.75 Å². The molecule has 12 heavy (non-hydrogen) atoms. The van der Waals surface area contributed by atoms with E-state index in [0.717, 1.165) is 17.3 Å². The molecule has 0 saturated carbocycles. The number of alkyl halides is 1. The molecule has 0 heterocycles. The Hall–Kier alpha value is -0.570. The first-order chi connectivity index (χ1) is 5.77. The van der Waals surface area contributed by atoms with Gasteiger partial charge in [0, 0.05) is 11.4 Å². The van der Waals surface area contributed by atoms with Crippen LogP contribution >= 0.6 is 15.9 Å². The van der Waals surface area contributed by atoms with E-state index in [4.69, 9.17) is 4.74 Å². The Bertz CT molecular complexity index is 263. The molecule has 1 aromatic carbocycles. The van der Waals surface area contributed by atoms with Crippen LogP contribution in [0.15, 0.2) is 18.2 Å². The molecule has 1 rings (SSSR count). The molecule has 0 unspecified atom stereocenters. The quantitative estimate of drug-likeness (QED) is 0.729. The molecule has 0 aliphatic heterocycles. The normalized spacial score (nSPS) is 9.92. The minimum atomic E-state index is -0.259. The summed E-state index contributed by atoms with van der Waals surface area (Å²) in [4.78, 5) is 0. The fraction of sp³-hybridized carbons (Fsp3) is 0.333. The number of benzene rings is 1. The maximum Gasteiger partial charge on any atom is 0.126 e. The average molecular weight is 233 g/mol. The third kappa shape index (κ3) is 2.21. The van der Waals surface area contributed by atoms with Crippen molar-refractivity contribution < 1.29 is 9.13 Å². The molecular weight excluding hydrogens is 223 g/mol. The van der Waals surface area contributed by atoms with E-state index in [1.54, 1.807) is 13.2 Å². The van der Waals surface area contributed by atoms with Crippen LogP contribution in [0, 0.1) is 5.82 Å². The van der Waals surface area contributed by atoms with Gasteiger partial charge in [-0.05, 0) is 18.1 Å². The fourth-order valence-electron chi connectivity index (χ4n) is 1.03. The van der Waals surface area contributed by atoms with Gasteiger partial charge in [0.1, 0.15) is 11.6 Å². The lowest BCUT2D eigenvalue weighted by Gasteiger charge is -2.06. The summed E-state index contributed by atoms with van der Waals surface area (Å²) in [5.41, 5.74) is 1.02. The van der Waals surface area contributed by atoms with Crippen LogP contribution in [0.4, 0.5) is 4.39 Å². The van der Waals surface area contributed by atoms with E-state index in [-0.39, 0.29) is 5.82 Å². The highest BCUT2D eigenvalue weighted by Crippen LogP contribution is 2.20. The largest absolute Gasteiger partial charge is 0.496 e. The Kier molecular flexibility index (Phi) is 3.53. The van der Waals surface area contributed by atoms with Gasteiger partial charge in [0.25, 0.3) is 0 Å². The molecule has 3 heteroatoms. The summed E-state index contributed by atoms with van der Waals surface area (Å²) in [5, 5.41) is 0.856. The molecule has 0 aromatic heterocycles. The third-order valence-electron chi connectivity index (χ3n) is 1.61. The van der Waals surface area contributed by atoms with Crippen molar-refractivity contribution in [2.75, 3.05) is 12.4 Å². The SMILES string of the molecule is COc1cc(F)ccc1CCBr. The van der Waals surface area contributed by atoms with Crippen molar-refractivity contribution in [1.29, 1.82) is 0 Å². The van der Waals surface area contributed by atoms with Gasteiger partial charge >= 0.3 is 0 Å². The van der Waals surface area contributed by atoms with Gasteiger partial charge in [-0.2, -0.15) is 0 Å². The van der Waals surface area contributed by atoms with Gasteiger partial charge in [-0.3, -0.25) is 0 Å². The van der Waals surface area contributed by atoms with E-state index in [0.29, 0.717) is 5.75 Å². The monoisotopic (exact) mass is 232 g/mol. The molecular formula is C9H10BrFO. The third-order valence-corrected chi connectivity index (χ3v) is 2.01. The standard InChI is InChI=1S/C9H10BrFO/c1-12-9-6-8(11)3-2-7(9)4-5-10/h2-3,6H,4-5H2,1H3. The second-order valence-corrected chi connectivity index (χ2v) is 3.19. The number of hydrogen-bond acceptors (Lipinski definition) is 1. The smallest absolute Gasteiger partial charge is 0.126 e. The van der Waals surface area contributed by atoms with Crippen molar-refractivity contribution in [2.45, 2.75) is 6.42 Å². The minimum absolute atomic E-state index is 0.259. The molecule has 0 saturated heterocycles. The number of rotatable bonds is 3.